The molecule has 2 rings (SSSR count). The minimum atomic E-state index is -0.274. The second-order valence-electron chi connectivity index (χ2n) is 3.87. The van der Waals surface area contributed by atoms with Crippen molar-refractivity contribution in [2.24, 2.45) is 0 Å². The van der Waals surface area contributed by atoms with Crippen molar-refractivity contribution in [1.29, 1.82) is 0 Å². The summed E-state index contributed by atoms with van der Waals surface area (Å²) in [6, 6.07) is 9.87. The Balaban J connectivity index is 2.09. The molecule has 0 aliphatic carbocycles. The summed E-state index contributed by atoms with van der Waals surface area (Å²) in [4.78, 5) is 13.8. The monoisotopic (exact) mass is 260 g/mol. The summed E-state index contributed by atoms with van der Waals surface area (Å²) in [5.74, 6) is -0.284. The summed E-state index contributed by atoms with van der Waals surface area (Å²) < 4.78 is 12.7. The molecule has 0 N–H and O–H groups in total. The predicted octanol–water partition coefficient (Wildman–Crippen LogP) is 4.35. The Kier molecular flexibility index (Phi) is 4.05. The lowest BCUT2D eigenvalue weighted by molar-refractivity contribution is 0.105. The average Bonchev–Trinajstić information content (AvgIpc) is 2.86. The zero-order valence-corrected chi connectivity index (χ0v) is 10.8. The highest BCUT2D eigenvalue weighted by Crippen LogP contribution is 2.18. The summed E-state index contributed by atoms with van der Waals surface area (Å²) in [7, 11) is 0. The standard InChI is InChI=1S/C15H13FOS/c1-2-13-8-10-15(18-13)14(17)9-5-11-3-6-12(16)7-4-11/h3-10H,2H2,1H3/b9-5+. The number of carbonyl (C=O) groups excluding carboxylic acids is 1. The van der Waals surface area contributed by atoms with Crippen molar-refractivity contribution in [1.82, 2.24) is 0 Å². The third-order valence-corrected chi connectivity index (χ3v) is 3.79. The quantitative estimate of drug-likeness (QED) is 0.590. The largest absolute Gasteiger partial charge is 0.288 e. The first-order valence-electron chi connectivity index (χ1n) is 5.75. The number of rotatable bonds is 4. The molecule has 0 aliphatic heterocycles. The van der Waals surface area contributed by atoms with Crippen molar-refractivity contribution < 1.29 is 9.18 Å². The fourth-order valence-electron chi connectivity index (χ4n) is 1.53. The maximum absolute atomic E-state index is 12.7. The van der Waals surface area contributed by atoms with Crippen LogP contribution in [0.1, 0.15) is 27.0 Å². The molecule has 0 amide bonds. The summed E-state index contributed by atoms with van der Waals surface area (Å²) >= 11 is 1.52. The number of benzene rings is 1. The topological polar surface area (TPSA) is 17.1 Å². The molecule has 18 heavy (non-hydrogen) atoms. The predicted molar refractivity (Wildman–Crippen MR) is 73.5 cm³/mol. The minimum absolute atomic E-state index is 0.0102. The molecule has 1 aromatic carbocycles. The number of aryl methyl sites for hydroxylation is 1. The third kappa shape index (κ3) is 3.14. The molecule has 3 heteroatoms. The molecule has 0 bridgehead atoms. The number of hydrogen-bond acceptors (Lipinski definition) is 2. The van der Waals surface area contributed by atoms with Crippen molar-refractivity contribution in [2.75, 3.05) is 0 Å². The first-order valence-corrected chi connectivity index (χ1v) is 6.57. The van der Waals surface area contributed by atoms with Gasteiger partial charge in [-0.3, -0.25) is 4.79 Å². The molecule has 2 aromatic rings. The van der Waals surface area contributed by atoms with Crippen molar-refractivity contribution >= 4 is 23.2 Å². The molecule has 0 radical (unpaired) electrons. The van der Waals surface area contributed by atoms with E-state index in [4.69, 9.17) is 0 Å². The van der Waals surface area contributed by atoms with Gasteiger partial charge in [0.15, 0.2) is 5.78 Å². The molecule has 0 saturated carbocycles. The van der Waals surface area contributed by atoms with E-state index < -0.39 is 0 Å². The molecular weight excluding hydrogens is 247 g/mol. The van der Waals surface area contributed by atoms with E-state index in [2.05, 4.69) is 6.92 Å². The number of ketones is 1. The van der Waals surface area contributed by atoms with Gasteiger partial charge >= 0.3 is 0 Å². The van der Waals surface area contributed by atoms with Crippen LogP contribution in [0.4, 0.5) is 4.39 Å². The number of allylic oxidation sites excluding steroid dienone is 1. The highest BCUT2D eigenvalue weighted by molar-refractivity contribution is 7.14. The van der Waals surface area contributed by atoms with E-state index in [0.717, 1.165) is 16.9 Å². The smallest absolute Gasteiger partial charge is 0.195 e. The number of halogens is 1. The number of carbonyl (C=O) groups is 1. The molecule has 0 atom stereocenters. The molecular formula is C15H13FOS. The Hall–Kier alpha value is -1.74. The highest BCUT2D eigenvalue weighted by atomic mass is 32.1. The molecule has 0 saturated heterocycles. The van der Waals surface area contributed by atoms with Gasteiger partial charge < -0.3 is 0 Å². The van der Waals surface area contributed by atoms with Crippen LogP contribution in [0.15, 0.2) is 42.5 Å². The zero-order chi connectivity index (χ0) is 13.0. The van der Waals surface area contributed by atoms with E-state index >= 15 is 0 Å². The average molecular weight is 260 g/mol. The molecule has 0 unspecified atom stereocenters. The van der Waals surface area contributed by atoms with Crippen molar-refractivity contribution in [3.8, 4) is 0 Å². The van der Waals surface area contributed by atoms with Crippen LogP contribution in [0.3, 0.4) is 0 Å². The Morgan fingerprint density at radius 1 is 1.22 bits per heavy atom. The van der Waals surface area contributed by atoms with E-state index in [9.17, 15) is 9.18 Å². The zero-order valence-electron chi connectivity index (χ0n) is 10.0. The van der Waals surface area contributed by atoms with Gasteiger partial charge in [0.05, 0.1) is 4.88 Å². The Labute approximate surface area is 110 Å². The van der Waals surface area contributed by atoms with Crippen LogP contribution in [0.5, 0.6) is 0 Å². The fourth-order valence-corrected chi connectivity index (χ4v) is 2.40. The lowest BCUT2D eigenvalue weighted by Gasteiger charge is -1.92. The number of hydrogen-bond donors (Lipinski definition) is 0. The van der Waals surface area contributed by atoms with Gasteiger partial charge in [0.2, 0.25) is 0 Å². The van der Waals surface area contributed by atoms with Crippen LogP contribution < -0.4 is 0 Å². The van der Waals surface area contributed by atoms with Gasteiger partial charge in [-0.2, -0.15) is 0 Å². The Morgan fingerprint density at radius 2 is 1.94 bits per heavy atom. The van der Waals surface area contributed by atoms with E-state index in [1.165, 1.54) is 34.4 Å². The van der Waals surface area contributed by atoms with Gasteiger partial charge in [-0.1, -0.05) is 25.1 Å². The normalized spacial score (nSPS) is 11.0. The molecule has 1 nitrogen and oxygen atoms in total. The van der Waals surface area contributed by atoms with Gasteiger partial charge in [0.1, 0.15) is 5.82 Å². The summed E-state index contributed by atoms with van der Waals surface area (Å²) in [5, 5.41) is 0. The molecule has 1 heterocycles. The summed E-state index contributed by atoms with van der Waals surface area (Å²) in [5.41, 5.74) is 0.817. The van der Waals surface area contributed by atoms with E-state index in [0.29, 0.717) is 0 Å². The maximum Gasteiger partial charge on any atom is 0.195 e. The maximum atomic E-state index is 12.7. The van der Waals surface area contributed by atoms with E-state index in [-0.39, 0.29) is 11.6 Å². The van der Waals surface area contributed by atoms with E-state index in [1.807, 2.05) is 12.1 Å². The summed E-state index contributed by atoms with van der Waals surface area (Å²) in [6.07, 6.45) is 4.17. The van der Waals surface area contributed by atoms with E-state index in [1.54, 1.807) is 18.2 Å². The van der Waals surface area contributed by atoms with Gasteiger partial charge in [-0.15, -0.1) is 11.3 Å². The van der Waals surface area contributed by atoms with Crippen molar-refractivity contribution in [3.05, 3.63) is 63.6 Å². The Morgan fingerprint density at radius 3 is 2.56 bits per heavy atom. The summed E-state index contributed by atoms with van der Waals surface area (Å²) in [6.45, 7) is 2.06. The lowest BCUT2D eigenvalue weighted by atomic mass is 10.2. The molecule has 0 aliphatic rings. The lowest BCUT2D eigenvalue weighted by Crippen LogP contribution is -1.88. The highest BCUT2D eigenvalue weighted by Gasteiger charge is 2.04. The van der Waals surface area contributed by atoms with Crippen LogP contribution in [0.2, 0.25) is 0 Å². The minimum Gasteiger partial charge on any atom is -0.288 e. The molecule has 92 valence electrons. The first kappa shape index (κ1) is 12.7. The van der Waals surface area contributed by atoms with Crippen LogP contribution >= 0.6 is 11.3 Å². The van der Waals surface area contributed by atoms with Crippen LogP contribution in [-0.4, -0.2) is 5.78 Å². The van der Waals surface area contributed by atoms with Gasteiger partial charge in [-0.25, -0.2) is 4.39 Å². The fraction of sp³-hybridized carbons (Fsp3) is 0.133. The Bertz CT molecular complexity index is 566. The SMILES string of the molecule is CCc1ccc(C(=O)/C=C/c2ccc(F)cc2)s1. The van der Waals surface area contributed by atoms with Gasteiger partial charge in [0, 0.05) is 4.88 Å². The first-order chi connectivity index (χ1) is 8.69. The van der Waals surface area contributed by atoms with Crippen molar-refractivity contribution in [3.63, 3.8) is 0 Å². The van der Waals surface area contributed by atoms with Crippen LogP contribution in [0.25, 0.3) is 6.08 Å². The van der Waals surface area contributed by atoms with Gasteiger partial charge in [0.25, 0.3) is 0 Å². The van der Waals surface area contributed by atoms with Crippen LogP contribution in [-0.2, 0) is 6.42 Å². The molecule has 0 spiro atoms. The third-order valence-electron chi connectivity index (χ3n) is 2.55. The number of thiophene rings is 1. The van der Waals surface area contributed by atoms with Crippen molar-refractivity contribution in [2.45, 2.75) is 13.3 Å². The molecule has 1 aromatic heterocycles. The second-order valence-corrected chi connectivity index (χ2v) is 5.04. The van der Waals surface area contributed by atoms with Gasteiger partial charge in [-0.05, 0) is 42.3 Å². The molecule has 0 fully saturated rings. The van der Waals surface area contributed by atoms with Crippen LogP contribution in [0, 0.1) is 5.82 Å². The second kappa shape index (κ2) is 5.74.